The lowest BCUT2D eigenvalue weighted by atomic mass is 9.67. The van der Waals surface area contributed by atoms with Crippen LogP contribution < -0.4 is 0 Å². The van der Waals surface area contributed by atoms with Gasteiger partial charge in [0.2, 0.25) is 0 Å². The lowest BCUT2D eigenvalue weighted by molar-refractivity contribution is 0.00199. The van der Waals surface area contributed by atoms with Crippen LogP contribution in [0.15, 0.2) is 28.9 Å². The number of carbonyl (C=O) groups excluding carboxylic acids is 1. The summed E-state index contributed by atoms with van der Waals surface area (Å²) < 4.78 is 9.22. The van der Waals surface area contributed by atoms with Crippen molar-refractivity contribution >= 4 is 32.9 Å². The number of likely N-dealkylation sites (tertiary alicyclic amines) is 1. The fourth-order valence-corrected chi connectivity index (χ4v) is 5.54. The normalized spacial score (nSPS) is 20.4. The van der Waals surface area contributed by atoms with Crippen molar-refractivity contribution in [3.8, 4) is 0 Å². The van der Waals surface area contributed by atoms with Gasteiger partial charge in [0.25, 0.3) is 0 Å². The molecule has 29 heavy (non-hydrogen) atoms. The minimum absolute atomic E-state index is 0.151. The summed E-state index contributed by atoms with van der Waals surface area (Å²) in [6.45, 7) is 9.68. The molecule has 0 atom stereocenters. The number of rotatable bonds is 1. The molecule has 1 amide bonds. The molecule has 1 saturated heterocycles. The Morgan fingerprint density at radius 3 is 2.41 bits per heavy atom. The monoisotopic (exact) mass is 460 g/mol. The number of amides is 1. The van der Waals surface area contributed by atoms with Gasteiger partial charge in [-0.2, -0.15) is 0 Å². The van der Waals surface area contributed by atoms with Crippen LogP contribution in [0.2, 0.25) is 0 Å². The average molecular weight is 461 g/mol. The second kappa shape index (κ2) is 7.64. The number of piperidine rings is 1. The Kier molecular flexibility index (Phi) is 5.47. The molecule has 4 rings (SSSR count). The summed E-state index contributed by atoms with van der Waals surface area (Å²) in [4.78, 5) is 14.3. The van der Waals surface area contributed by atoms with Crippen LogP contribution >= 0.6 is 15.9 Å². The Bertz CT molecular complexity index is 893. The first-order valence-corrected chi connectivity index (χ1v) is 11.7. The molecule has 1 saturated carbocycles. The van der Waals surface area contributed by atoms with Crippen molar-refractivity contribution in [2.75, 3.05) is 13.1 Å². The third kappa shape index (κ3) is 4.35. The van der Waals surface area contributed by atoms with Gasteiger partial charge in [-0.1, -0.05) is 15.9 Å². The Morgan fingerprint density at radius 1 is 1.14 bits per heavy atom. The van der Waals surface area contributed by atoms with Gasteiger partial charge in [0.15, 0.2) is 0 Å². The number of hydrogen-bond donors (Lipinski definition) is 0. The number of aromatic nitrogens is 1. The van der Waals surface area contributed by atoms with Gasteiger partial charge in [0, 0.05) is 40.7 Å². The molecular formula is C24H33BrN2O2. The Morgan fingerprint density at radius 2 is 1.79 bits per heavy atom. The number of ether oxygens (including phenoxy) is 1. The van der Waals surface area contributed by atoms with E-state index >= 15 is 0 Å². The number of hydrogen-bond acceptors (Lipinski definition) is 2. The molecule has 2 aliphatic rings. The van der Waals surface area contributed by atoms with Crippen molar-refractivity contribution in [2.45, 2.75) is 77.9 Å². The van der Waals surface area contributed by atoms with E-state index < -0.39 is 5.60 Å². The molecule has 1 aromatic heterocycles. The van der Waals surface area contributed by atoms with Gasteiger partial charge in [-0.15, -0.1) is 0 Å². The lowest BCUT2D eigenvalue weighted by Gasteiger charge is -2.46. The highest BCUT2D eigenvalue weighted by Crippen LogP contribution is 2.48. The van der Waals surface area contributed by atoms with E-state index in [4.69, 9.17) is 4.74 Å². The zero-order valence-electron chi connectivity index (χ0n) is 18.1. The molecule has 4 nitrogen and oxygen atoms in total. The predicted molar refractivity (Wildman–Crippen MR) is 121 cm³/mol. The van der Waals surface area contributed by atoms with Crippen LogP contribution in [0.3, 0.4) is 0 Å². The number of nitrogens with zero attached hydrogens (tertiary/aromatic N) is 2. The Balaban J connectivity index is 1.39. The van der Waals surface area contributed by atoms with E-state index in [1.807, 2.05) is 25.7 Å². The minimum Gasteiger partial charge on any atom is -0.444 e. The maximum absolute atomic E-state index is 12.4. The molecule has 0 bridgehead atoms. The molecule has 1 aliphatic carbocycles. The minimum atomic E-state index is -0.419. The summed E-state index contributed by atoms with van der Waals surface area (Å²) in [5, 5.41) is 1.35. The summed E-state index contributed by atoms with van der Waals surface area (Å²) >= 11 is 3.60. The quantitative estimate of drug-likeness (QED) is 0.466. The molecule has 1 spiro atoms. The van der Waals surface area contributed by atoms with E-state index in [9.17, 15) is 4.79 Å². The summed E-state index contributed by atoms with van der Waals surface area (Å²) in [6.07, 6.45) is 9.38. The Labute approximate surface area is 182 Å². The van der Waals surface area contributed by atoms with Gasteiger partial charge in [-0.05, 0) is 95.4 Å². The lowest BCUT2D eigenvalue weighted by Crippen LogP contribution is -2.46. The first-order chi connectivity index (χ1) is 13.7. The second-order valence-corrected chi connectivity index (χ2v) is 11.0. The molecular weight excluding hydrogens is 428 g/mol. The van der Waals surface area contributed by atoms with E-state index in [-0.39, 0.29) is 6.09 Å². The van der Waals surface area contributed by atoms with E-state index in [2.05, 4.69) is 51.8 Å². The smallest absolute Gasteiger partial charge is 0.410 e. The number of halogens is 1. The van der Waals surface area contributed by atoms with Gasteiger partial charge in [0.1, 0.15) is 5.60 Å². The molecule has 2 aromatic rings. The zero-order valence-corrected chi connectivity index (χ0v) is 19.7. The van der Waals surface area contributed by atoms with Gasteiger partial charge in [-0.3, -0.25) is 0 Å². The SMILES string of the molecule is Cc1cn(C2CCC3(CC2)CCN(C(=O)OC(C)(C)C)CC3)c2ccc(Br)cc12. The molecule has 158 valence electrons. The molecule has 5 heteroatoms. The van der Waals surface area contributed by atoms with Crippen molar-refractivity contribution in [1.82, 2.24) is 9.47 Å². The average Bonchev–Trinajstić information content (AvgIpc) is 2.98. The fraction of sp³-hybridized carbons (Fsp3) is 0.625. The van der Waals surface area contributed by atoms with Gasteiger partial charge in [-0.25, -0.2) is 4.79 Å². The van der Waals surface area contributed by atoms with Crippen LogP contribution in [0.25, 0.3) is 10.9 Å². The Hall–Kier alpha value is -1.49. The summed E-state index contributed by atoms with van der Waals surface area (Å²) in [7, 11) is 0. The van der Waals surface area contributed by atoms with Crippen molar-refractivity contribution in [3.63, 3.8) is 0 Å². The van der Waals surface area contributed by atoms with E-state index in [1.54, 1.807) is 0 Å². The number of fused-ring (bicyclic) bond motifs is 1. The summed E-state index contributed by atoms with van der Waals surface area (Å²) in [5.74, 6) is 0. The molecule has 0 unspecified atom stereocenters. The van der Waals surface area contributed by atoms with Crippen LogP contribution in [-0.4, -0.2) is 34.3 Å². The number of carbonyl (C=O) groups is 1. The third-order valence-corrected chi connectivity index (χ3v) is 7.37. The maximum atomic E-state index is 12.4. The van der Waals surface area contributed by atoms with Crippen molar-refractivity contribution < 1.29 is 9.53 Å². The third-order valence-electron chi connectivity index (χ3n) is 6.88. The topological polar surface area (TPSA) is 34.5 Å². The van der Waals surface area contributed by atoms with Crippen molar-refractivity contribution in [2.24, 2.45) is 5.41 Å². The number of benzene rings is 1. The standard InChI is InChI=1S/C24H33BrN2O2/c1-17-16-27(21-6-5-18(25)15-20(17)21)19-7-9-24(10-8-19)11-13-26(14-12-24)22(28)29-23(2,3)4/h5-6,15-16,19H,7-14H2,1-4H3. The zero-order chi connectivity index (χ0) is 20.8. The van der Waals surface area contributed by atoms with Crippen LogP contribution in [0.5, 0.6) is 0 Å². The van der Waals surface area contributed by atoms with Crippen molar-refractivity contribution in [1.29, 1.82) is 0 Å². The molecule has 1 aromatic carbocycles. The van der Waals surface area contributed by atoms with Crippen LogP contribution in [-0.2, 0) is 4.74 Å². The van der Waals surface area contributed by atoms with E-state index in [1.165, 1.54) is 42.1 Å². The van der Waals surface area contributed by atoms with Gasteiger partial charge in [0.05, 0.1) is 0 Å². The molecule has 0 radical (unpaired) electrons. The summed E-state index contributed by atoms with van der Waals surface area (Å²) in [5.41, 5.74) is 2.70. The molecule has 0 N–H and O–H groups in total. The fourth-order valence-electron chi connectivity index (χ4n) is 5.18. The molecule has 1 aliphatic heterocycles. The van der Waals surface area contributed by atoms with E-state index in [0.717, 1.165) is 30.4 Å². The van der Waals surface area contributed by atoms with Crippen LogP contribution in [0, 0.1) is 12.3 Å². The largest absolute Gasteiger partial charge is 0.444 e. The highest BCUT2D eigenvalue weighted by molar-refractivity contribution is 9.10. The summed E-state index contributed by atoms with van der Waals surface area (Å²) in [6, 6.07) is 7.21. The highest BCUT2D eigenvalue weighted by Gasteiger charge is 2.40. The predicted octanol–water partition coefficient (Wildman–Crippen LogP) is 6.84. The van der Waals surface area contributed by atoms with Gasteiger partial charge >= 0.3 is 6.09 Å². The first-order valence-electron chi connectivity index (χ1n) is 10.9. The van der Waals surface area contributed by atoms with Crippen LogP contribution in [0.1, 0.15) is 70.9 Å². The maximum Gasteiger partial charge on any atom is 0.410 e. The van der Waals surface area contributed by atoms with Gasteiger partial charge < -0.3 is 14.2 Å². The molecule has 2 fully saturated rings. The van der Waals surface area contributed by atoms with E-state index in [0.29, 0.717) is 11.5 Å². The first kappa shape index (κ1) is 20.8. The highest BCUT2D eigenvalue weighted by atomic mass is 79.9. The second-order valence-electron chi connectivity index (χ2n) is 10.1. The van der Waals surface area contributed by atoms with Crippen LogP contribution in [0.4, 0.5) is 4.79 Å². The van der Waals surface area contributed by atoms with Crippen molar-refractivity contribution in [3.05, 3.63) is 34.4 Å². The number of aryl methyl sites for hydroxylation is 1. The molecule has 2 heterocycles.